The molecule has 1 nitrogen and oxygen atoms in total. The monoisotopic (exact) mass is 301 g/mol. The molecule has 0 fully saturated rings. The molecule has 2 rings (SSSR count). The van der Waals surface area contributed by atoms with E-state index in [0.717, 1.165) is 23.3 Å². The average molecular weight is 302 g/mol. The molecule has 0 spiro atoms. The highest BCUT2D eigenvalue weighted by molar-refractivity contribution is 6.33. The molecule has 19 heavy (non-hydrogen) atoms. The molecule has 0 unspecified atom stereocenters. The first kappa shape index (κ1) is 14.3. The maximum absolute atomic E-state index is 13.4. The standard InChI is InChI=1S/C14H11Cl2F2N/c1-19-7-8-4-9(15)2-3-10(8)11-5-13(17)14(18)6-12(11)16/h2-6,19H,7H2,1H3. The van der Waals surface area contributed by atoms with Crippen LogP contribution >= 0.6 is 23.2 Å². The van der Waals surface area contributed by atoms with Crippen LogP contribution in [0.4, 0.5) is 8.78 Å². The fourth-order valence-corrected chi connectivity index (χ4v) is 2.34. The van der Waals surface area contributed by atoms with Gasteiger partial charge in [0.05, 0.1) is 5.02 Å². The van der Waals surface area contributed by atoms with Crippen molar-refractivity contribution in [3.63, 3.8) is 0 Å². The van der Waals surface area contributed by atoms with E-state index in [1.54, 1.807) is 25.2 Å². The molecule has 0 aliphatic rings. The summed E-state index contributed by atoms with van der Waals surface area (Å²) in [6.45, 7) is 0.547. The van der Waals surface area contributed by atoms with Gasteiger partial charge in [-0.15, -0.1) is 0 Å². The van der Waals surface area contributed by atoms with Gasteiger partial charge in [-0.1, -0.05) is 29.3 Å². The first-order chi connectivity index (χ1) is 9.02. The smallest absolute Gasteiger partial charge is 0.160 e. The molecule has 0 amide bonds. The molecule has 0 saturated heterocycles. The molecular formula is C14H11Cl2F2N. The van der Waals surface area contributed by atoms with E-state index >= 15 is 0 Å². The summed E-state index contributed by atoms with van der Waals surface area (Å²) in [5.74, 6) is -1.89. The summed E-state index contributed by atoms with van der Waals surface area (Å²) in [4.78, 5) is 0. The Morgan fingerprint density at radius 1 is 1.00 bits per heavy atom. The van der Waals surface area contributed by atoms with Crippen LogP contribution < -0.4 is 5.32 Å². The van der Waals surface area contributed by atoms with Crippen molar-refractivity contribution in [2.24, 2.45) is 0 Å². The van der Waals surface area contributed by atoms with E-state index in [1.165, 1.54) is 0 Å². The molecule has 0 aliphatic carbocycles. The van der Waals surface area contributed by atoms with Crippen LogP contribution in [0.5, 0.6) is 0 Å². The molecule has 0 aliphatic heterocycles. The van der Waals surface area contributed by atoms with Crippen molar-refractivity contribution in [1.82, 2.24) is 5.32 Å². The van der Waals surface area contributed by atoms with Crippen LogP contribution in [-0.4, -0.2) is 7.05 Å². The van der Waals surface area contributed by atoms with Gasteiger partial charge in [0.15, 0.2) is 11.6 Å². The van der Waals surface area contributed by atoms with Crippen molar-refractivity contribution in [3.05, 3.63) is 57.6 Å². The van der Waals surface area contributed by atoms with Crippen LogP contribution in [0.1, 0.15) is 5.56 Å². The fourth-order valence-electron chi connectivity index (χ4n) is 1.89. The lowest BCUT2D eigenvalue weighted by atomic mass is 9.99. The number of hydrogen-bond acceptors (Lipinski definition) is 1. The van der Waals surface area contributed by atoms with E-state index in [2.05, 4.69) is 5.32 Å². The molecule has 0 atom stereocenters. The minimum Gasteiger partial charge on any atom is -0.316 e. The molecule has 2 aromatic rings. The highest BCUT2D eigenvalue weighted by Crippen LogP contribution is 2.33. The zero-order valence-corrected chi connectivity index (χ0v) is 11.6. The van der Waals surface area contributed by atoms with Crippen LogP contribution in [0.15, 0.2) is 30.3 Å². The second-order valence-electron chi connectivity index (χ2n) is 4.08. The topological polar surface area (TPSA) is 12.0 Å². The zero-order chi connectivity index (χ0) is 14.0. The van der Waals surface area contributed by atoms with Gasteiger partial charge in [0, 0.05) is 17.1 Å². The summed E-state index contributed by atoms with van der Waals surface area (Å²) in [6, 6.07) is 7.27. The van der Waals surface area contributed by atoms with Crippen LogP contribution in [0.3, 0.4) is 0 Å². The van der Waals surface area contributed by atoms with Crippen molar-refractivity contribution in [2.45, 2.75) is 6.54 Å². The highest BCUT2D eigenvalue weighted by Gasteiger charge is 2.13. The van der Waals surface area contributed by atoms with Gasteiger partial charge >= 0.3 is 0 Å². The van der Waals surface area contributed by atoms with E-state index in [1.807, 2.05) is 0 Å². The number of rotatable bonds is 3. The normalized spacial score (nSPS) is 10.8. The Morgan fingerprint density at radius 2 is 1.68 bits per heavy atom. The molecule has 5 heteroatoms. The van der Waals surface area contributed by atoms with Gasteiger partial charge in [0.2, 0.25) is 0 Å². The summed E-state index contributed by atoms with van der Waals surface area (Å²) >= 11 is 11.9. The van der Waals surface area contributed by atoms with E-state index in [9.17, 15) is 8.78 Å². The zero-order valence-electron chi connectivity index (χ0n) is 10.1. The maximum atomic E-state index is 13.4. The molecule has 0 heterocycles. The number of nitrogens with one attached hydrogen (secondary N) is 1. The van der Waals surface area contributed by atoms with Gasteiger partial charge in [-0.3, -0.25) is 0 Å². The van der Waals surface area contributed by atoms with Gasteiger partial charge in [-0.05, 0) is 42.4 Å². The second-order valence-corrected chi connectivity index (χ2v) is 4.92. The van der Waals surface area contributed by atoms with E-state index in [-0.39, 0.29) is 5.02 Å². The summed E-state index contributed by atoms with van der Waals surface area (Å²) in [6.07, 6.45) is 0. The maximum Gasteiger partial charge on any atom is 0.160 e. The van der Waals surface area contributed by atoms with Gasteiger partial charge in [0.25, 0.3) is 0 Å². The lowest BCUT2D eigenvalue weighted by Gasteiger charge is -2.12. The summed E-state index contributed by atoms with van der Waals surface area (Å²) in [5, 5.41) is 3.74. The van der Waals surface area contributed by atoms with Crippen LogP contribution in [0, 0.1) is 11.6 Å². The van der Waals surface area contributed by atoms with Crippen molar-refractivity contribution in [3.8, 4) is 11.1 Å². The predicted octanol–water partition coefficient (Wildman–Crippen LogP) is 4.66. The van der Waals surface area contributed by atoms with Gasteiger partial charge in [-0.2, -0.15) is 0 Å². The quantitative estimate of drug-likeness (QED) is 0.813. The Labute approximate surface area is 120 Å². The van der Waals surface area contributed by atoms with Crippen molar-refractivity contribution >= 4 is 23.2 Å². The van der Waals surface area contributed by atoms with Crippen LogP contribution in [0.25, 0.3) is 11.1 Å². The molecule has 0 saturated carbocycles. The largest absolute Gasteiger partial charge is 0.316 e. The highest BCUT2D eigenvalue weighted by atomic mass is 35.5. The molecule has 0 bridgehead atoms. The Balaban J connectivity index is 2.61. The molecule has 2 aromatic carbocycles. The van der Waals surface area contributed by atoms with Crippen LogP contribution in [-0.2, 0) is 6.54 Å². The third-order valence-corrected chi connectivity index (χ3v) is 3.28. The molecule has 1 N–H and O–H groups in total. The minimum atomic E-state index is -0.960. The average Bonchev–Trinajstić information content (AvgIpc) is 2.35. The number of halogens is 4. The van der Waals surface area contributed by atoms with Crippen molar-refractivity contribution in [1.29, 1.82) is 0 Å². The Kier molecular flexibility index (Phi) is 4.40. The fraction of sp³-hybridized carbons (Fsp3) is 0.143. The Morgan fingerprint density at radius 3 is 2.37 bits per heavy atom. The summed E-state index contributed by atoms with van der Waals surface area (Å²) < 4.78 is 26.5. The molecular weight excluding hydrogens is 291 g/mol. The van der Waals surface area contributed by atoms with Crippen molar-refractivity contribution in [2.75, 3.05) is 7.05 Å². The summed E-state index contributed by atoms with van der Waals surface area (Å²) in [5.41, 5.74) is 2.04. The Bertz CT molecular complexity index is 615. The lowest BCUT2D eigenvalue weighted by molar-refractivity contribution is 0.509. The van der Waals surface area contributed by atoms with E-state index in [4.69, 9.17) is 23.2 Å². The lowest BCUT2D eigenvalue weighted by Crippen LogP contribution is -2.06. The predicted molar refractivity (Wildman–Crippen MR) is 74.6 cm³/mol. The number of hydrogen-bond donors (Lipinski definition) is 1. The second kappa shape index (κ2) is 5.87. The third kappa shape index (κ3) is 3.06. The Hall–Kier alpha value is -1.16. The van der Waals surface area contributed by atoms with Gasteiger partial charge < -0.3 is 5.32 Å². The first-order valence-corrected chi connectivity index (χ1v) is 6.36. The number of benzene rings is 2. The van der Waals surface area contributed by atoms with Gasteiger partial charge in [-0.25, -0.2) is 8.78 Å². The minimum absolute atomic E-state index is 0.165. The SMILES string of the molecule is CNCc1cc(Cl)ccc1-c1cc(F)c(F)cc1Cl. The molecule has 0 radical (unpaired) electrons. The molecule has 0 aromatic heterocycles. The molecule has 100 valence electrons. The van der Waals surface area contributed by atoms with E-state index < -0.39 is 11.6 Å². The first-order valence-electron chi connectivity index (χ1n) is 5.61. The van der Waals surface area contributed by atoms with Gasteiger partial charge in [0.1, 0.15) is 0 Å². The third-order valence-electron chi connectivity index (χ3n) is 2.73. The van der Waals surface area contributed by atoms with Crippen molar-refractivity contribution < 1.29 is 8.78 Å². The summed E-state index contributed by atoms with van der Waals surface area (Å²) in [7, 11) is 1.79. The van der Waals surface area contributed by atoms with E-state index in [0.29, 0.717) is 17.1 Å². The van der Waals surface area contributed by atoms with Crippen LogP contribution in [0.2, 0.25) is 10.0 Å².